The minimum Gasteiger partial charge on any atom is -0.372 e. The van der Waals surface area contributed by atoms with Gasteiger partial charge in [-0.05, 0) is 62.1 Å². The molecule has 1 aromatic carbocycles. The summed E-state index contributed by atoms with van der Waals surface area (Å²) in [5.74, 6) is 0.851. The number of carbonyl (C=O) groups is 1. The molecule has 0 aliphatic carbocycles. The quantitative estimate of drug-likeness (QED) is 0.853. The van der Waals surface area contributed by atoms with E-state index in [1.807, 2.05) is 4.90 Å². The summed E-state index contributed by atoms with van der Waals surface area (Å²) in [4.78, 5) is 16.1. The van der Waals surface area contributed by atoms with Crippen molar-refractivity contribution in [2.75, 3.05) is 31.1 Å². The zero-order chi connectivity index (χ0) is 15.4. The van der Waals surface area contributed by atoms with Gasteiger partial charge < -0.3 is 9.80 Å². The number of nitrogens with zero attached hydrogens (tertiary/aromatic N) is 2. The Balaban J connectivity index is 1.57. The van der Waals surface area contributed by atoms with E-state index < -0.39 is 0 Å². The van der Waals surface area contributed by atoms with Crippen LogP contribution >= 0.6 is 0 Å². The third-order valence-electron chi connectivity index (χ3n) is 5.15. The lowest BCUT2D eigenvalue weighted by molar-refractivity contribution is -0.130. The molecule has 1 aromatic rings. The molecule has 0 N–H and O–H groups in total. The maximum absolute atomic E-state index is 11.5. The zero-order valence-corrected chi connectivity index (χ0v) is 13.8. The average molecular weight is 300 g/mol. The summed E-state index contributed by atoms with van der Waals surface area (Å²) in [5.41, 5.74) is 2.79. The average Bonchev–Trinajstić information content (AvgIpc) is 2.56. The first kappa shape index (κ1) is 15.4. The lowest BCUT2D eigenvalue weighted by atomic mass is 9.91. The normalized spacial score (nSPS) is 22.7. The monoisotopic (exact) mass is 300 g/mol. The Bertz CT molecular complexity index is 491. The molecule has 120 valence electrons. The van der Waals surface area contributed by atoms with Gasteiger partial charge >= 0.3 is 0 Å². The van der Waals surface area contributed by atoms with Crippen molar-refractivity contribution < 1.29 is 4.79 Å². The molecular formula is C19H28N2O. The molecule has 1 unspecified atom stereocenters. The van der Waals surface area contributed by atoms with E-state index in [1.165, 1.54) is 50.0 Å². The second-order valence-corrected chi connectivity index (χ2v) is 6.89. The molecule has 2 aliphatic heterocycles. The number of carbonyl (C=O) groups excluding carboxylic acids is 1. The Kier molecular flexibility index (Phi) is 5.01. The fourth-order valence-electron chi connectivity index (χ4n) is 3.85. The van der Waals surface area contributed by atoms with Crippen LogP contribution in [-0.4, -0.2) is 37.0 Å². The third kappa shape index (κ3) is 3.82. The third-order valence-corrected chi connectivity index (χ3v) is 5.15. The summed E-state index contributed by atoms with van der Waals surface area (Å²) >= 11 is 0. The molecule has 0 saturated carbocycles. The summed E-state index contributed by atoms with van der Waals surface area (Å²) in [7, 11) is 0. The van der Waals surface area contributed by atoms with E-state index in [9.17, 15) is 4.79 Å². The molecular weight excluding hydrogens is 272 g/mol. The number of hydrogen-bond acceptors (Lipinski definition) is 2. The highest BCUT2D eigenvalue weighted by molar-refractivity contribution is 5.73. The van der Waals surface area contributed by atoms with Crippen molar-refractivity contribution in [2.45, 2.75) is 45.4 Å². The summed E-state index contributed by atoms with van der Waals surface area (Å²) in [5, 5.41) is 0. The van der Waals surface area contributed by atoms with Gasteiger partial charge in [-0.25, -0.2) is 0 Å². The van der Waals surface area contributed by atoms with Crippen molar-refractivity contribution >= 4 is 11.6 Å². The number of rotatable bonds is 3. The summed E-state index contributed by atoms with van der Waals surface area (Å²) in [6.45, 7) is 5.98. The maximum Gasteiger partial charge on any atom is 0.219 e. The van der Waals surface area contributed by atoms with E-state index in [-0.39, 0.29) is 5.91 Å². The lowest BCUT2D eigenvalue weighted by Crippen LogP contribution is -2.39. The fraction of sp³-hybridized carbons (Fsp3) is 0.632. The van der Waals surface area contributed by atoms with Gasteiger partial charge in [-0.15, -0.1) is 0 Å². The fourth-order valence-corrected chi connectivity index (χ4v) is 3.85. The van der Waals surface area contributed by atoms with Crippen molar-refractivity contribution in [3.05, 3.63) is 29.8 Å². The summed E-state index contributed by atoms with van der Waals surface area (Å²) < 4.78 is 0. The van der Waals surface area contributed by atoms with Crippen LogP contribution in [0.25, 0.3) is 0 Å². The van der Waals surface area contributed by atoms with Crippen LogP contribution in [0.1, 0.15) is 44.6 Å². The lowest BCUT2D eigenvalue weighted by Gasteiger charge is -2.32. The minimum absolute atomic E-state index is 0.227. The van der Waals surface area contributed by atoms with Crippen LogP contribution in [0.4, 0.5) is 5.69 Å². The molecule has 3 nitrogen and oxygen atoms in total. The van der Waals surface area contributed by atoms with E-state index in [0.29, 0.717) is 5.92 Å². The van der Waals surface area contributed by atoms with Crippen molar-refractivity contribution in [2.24, 2.45) is 5.92 Å². The van der Waals surface area contributed by atoms with E-state index in [4.69, 9.17) is 0 Å². The first-order valence-electron chi connectivity index (χ1n) is 8.82. The van der Waals surface area contributed by atoms with Gasteiger partial charge in [-0.1, -0.05) is 12.1 Å². The van der Waals surface area contributed by atoms with Crippen LogP contribution in [-0.2, 0) is 11.2 Å². The Morgan fingerprint density at radius 3 is 2.45 bits per heavy atom. The molecule has 22 heavy (non-hydrogen) atoms. The smallest absolute Gasteiger partial charge is 0.219 e. The summed E-state index contributed by atoms with van der Waals surface area (Å²) in [6.07, 6.45) is 7.52. The minimum atomic E-state index is 0.227. The SMILES string of the molecule is CC(=O)N1CCCC(Cc2ccc(N3CCCCC3)cc2)C1. The number of hydrogen-bond donors (Lipinski definition) is 0. The largest absolute Gasteiger partial charge is 0.372 e. The topological polar surface area (TPSA) is 23.6 Å². The second-order valence-electron chi connectivity index (χ2n) is 6.89. The van der Waals surface area contributed by atoms with Crippen LogP contribution < -0.4 is 4.90 Å². The number of likely N-dealkylation sites (tertiary alicyclic amines) is 1. The van der Waals surface area contributed by atoms with Gasteiger partial charge in [0.05, 0.1) is 0 Å². The van der Waals surface area contributed by atoms with E-state index in [0.717, 1.165) is 25.9 Å². The van der Waals surface area contributed by atoms with E-state index >= 15 is 0 Å². The Hall–Kier alpha value is -1.51. The van der Waals surface area contributed by atoms with Gasteiger partial charge in [0.25, 0.3) is 0 Å². The van der Waals surface area contributed by atoms with Crippen molar-refractivity contribution in [3.8, 4) is 0 Å². The summed E-state index contributed by atoms with van der Waals surface area (Å²) in [6, 6.07) is 9.14. The molecule has 1 amide bonds. The molecule has 2 fully saturated rings. The van der Waals surface area contributed by atoms with Crippen molar-refractivity contribution in [3.63, 3.8) is 0 Å². The van der Waals surface area contributed by atoms with Gasteiger partial charge in [0.15, 0.2) is 0 Å². The van der Waals surface area contributed by atoms with Gasteiger partial charge in [0.2, 0.25) is 5.91 Å². The predicted molar refractivity (Wildman–Crippen MR) is 91.2 cm³/mol. The highest BCUT2D eigenvalue weighted by Gasteiger charge is 2.21. The Morgan fingerprint density at radius 1 is 1.05 bits per heavy atom. The first-order chi connectivity index (χ1) is 10.7. The molecule has 0 radical (unpaired) electrons. The highest BCUT2D eigenvalue weighted by atomic mass is 16.2. The molecule has 2 saturated heterocycles. The number of benzene rings is 1. The Labute approximate surface area is 134 Å². The molecule has 0 spiro atoms. The highest BCUT2D eigenvalue weighted by Crippen LogP contribution is 2.24. The van der Waals surface area contributed by atoms with Gasteiger partial charge in [0, 0.05) is 38.8 Å². The predicted octanol–water partition coefficient (Wildman–Crippen LogP) is 3.48. The number of amides is 1. The van der Waals surface area contributed by atoms with Crippen LogP contribution in [0, 0.1) is 5.92 Å². The van der Waals surface area contributed by atoms with Crippen LogP contribution in [0.15, 0.2) is 24.3 Å². The van der Waals surface area contributed by atoms with Crippen LogP contribution in [0.5, 0.6) is 0 Å². The van der Waals surface area contributed by atoms with Crippen molar-refractivity contribution in [1.82, 2.24) is 4.90 Å². The maximum atomic E-state index is 11.5. The molecule has 0 aromatic heterocycles. The van der Waals surface area contributed by atoms with Crippen LogP contribution in [0.2, 0.25) is 0 Å². The van der Waals surface area contributed by atoms with Gasteiger partial charge in [-0.3, -0.25) is 4.79 Å². The van der Waals surface area contributed by atoms with E-state index in [1.54, 1.807) is 6.92 Å². The van der Waals surface area contributed by atoms with Gasteiger partial charge in [-0.2, -0.15) is 0 Å². The molecule has 2 heterocycles. The first-order valence-corrected chi connectivity index (χ1v) is 8.82. The molecule has 1 atom stereocenters. The molecule has 0 bridgehead atoms. The standard InChI is InChI=1S/C19H28N2O/c1-16(22)21-13-5-6-18(15-21)14-17-7-9-19(10-8-17)20-11-3-2-4-12-20/h7-10,18H,2-6,11-15H2,1H3. The zero-order valence-electron chi connectivity index (χ0n) is 13.8. The molecule has 3 rings (SSSR count). The Morgan fingerprint density at radius 2 is 1.77 bits per heavy atom. The van der Waals surface area contributed by atoms with Crippen molar-refractivity contribution in [1.29, 1.82) is 0 Å². The van der Waals surface area contributed by atoms with E-state index in [2.05, 4.69) is 29.2 Å². The molecule has 2 aliphatic rings. The van der Waals surface area contributed by atoms with Gasteiger partial charge in [0.1, 0.15) is 0 Å². The second kappa shape index (κ2) is 7.17. The van der Waals surface area contributed by atoms with Crippen LogP contribution in [0.3, 0.4) is 0 Å². The number of anilines is 1. The molecule has 3 heteroatoms. The number of piperidine rings is 2.